The highest BCUT2D eigenvalue weighted by Crippen LogP contribution is 2.34. The van der Waals surface area contributed by atoms with E-state index in [-0.39, 0.29) is 23.8 Å². The molecule has 5 nitrogen and oxygen atoms in total. The molecule has 0 radical (unpaired) electrons. The minimum atomic E-state index is -0.275. The van der Waals surface area contributed by atoms with E-state index in [9.17, 15) is 9.59 Å². The Morgan fingerprint density at radius 1 is 1.16 bits per heavy atom. The fourth-order valence-electron chi connectivity index (χ4n) is 3.92. The minimum absolute atomic E-state index is 0.0280. The largest absolute Gasteiger partial charge is 0.369 e. The summed E-state index contributed by atoms with van der Waals surface area (Å²) < 4.78 is 0. The predicted molar refractivity (Wildman–Crippen MR) is 71.2 cm³/mol. The van der Waals surface area contributed by atoms with Gasteiger partial charge in [-0.05, 0) is 31.6 Å². The molecule has 4 unspecified atom stereocenters. The van der Waals surface area contributed by atoms with Crippen LogP contribution in [0, 0.1) is 11.8 Å². The second-order valence-electron chi connectivity index (χ2n) is 6.28. The number of hydrogen-bond donors (Lipinski definition) is 2. The highest BCUT2D eigenvalue weighted by atomic mass is 16.2. The van der Waals surface area contributed by atoms with Crippen LogP contribution in [0.1, 0.15) is 38.5 Å². The molecule has 2 heterocycles. The summed E-state index contributed by atoms with van der Waals surface area (Å²) in [4.78, 5) is 25.5. The van der Waals surface area contributed by atoms with Gasteiger partial charge in [0.05, 0.1) is 12.0 Å². The molecular formula is C14H23N3O2. The predicted octanol–water partition coefficient (Wildman–Crippen LogP) is 0.241. The van der Waals surface area contributed by atoms with E-state index < -0.39 is 0 Å². The molecule has 1 aliphatic carbocycles. The summed E-state index contributed by atoms with van der Waals surface area (Å²) in [5.41, 5.74) is 5.32. The molecule has 3 N–H and O–H groups in total. The smallest absolute Gasteiger partial charge is 0.239 e. The van der Waals surface area contributed by atoms with E-state index >= 15 is 0 Å². The number of fused-ring (bicyclic) bond motifs is 1. The Balaban J connectivity index is 1.58. The number of nitrogens with two attached hydrogens (primary N) is 1. The summed E-state index contributed by atoms with van der Waals surface area (Å²) >= 11 is 0. The molecule has 0 bridgehead atoms. The maximum atomic E-state index is 12.5. The lowest BCUT2D eigenvalue weighted by molar-refractivity contribution is -0.132. The van der Waals surface area contributed by atoms with Crippen LogP contribution in [0.2, 0.25) is 0 Å². The number of nitrogens with one attached hydrogen (secondary N) is 1. The average molecular weight is 265 g/mol. The molecule has 5 heteroatoms. The van der Waals surface area contributed by atoms with Gasteiger partial charge in [0.25, 0.3) is 0 Å². The van der Waals surface area contributed by atoms with Crippen molar-refractivity contribution in [3.8, 4) is 0 Å². The zero-order valence-corrected chi connectivity index (χ0v) is 11.3. The summed E-state index contributed by atoms with van der Waals surface area (Å²) in [7, 11) is 0. The molecule has 2 saturated heterocycles. The molecule has 19 heavy (non-hydrogen) atoms. The van der Waals surface area contributed by atoms with Crippen LogP contribution >= 0.6 is 0 Å². The Hall–Kier alpha value is -1.10. The second kappa shape index (κ2) is 5.12. The maximum absolute atomic E-state index is 12.5. The molecule has 0 aromatic heterocycles. The van der Waals surface area contributed by atoms with Crippen molar-refractivity contribution in [2.75, 3.05) is 13.1 Å². The van der Waals surface area contributed by atoms with Crippen molar-refractivity contribution in [2.24, 2.45) is 17.6 Å². The van der Waals surface area contributed by atoms with Crippen LogP contribution in [0.5, 0.6) is 0 Å². The molecule has 2 aliphatic heterocycles. The highest BCUT2D eigenvalue weighted by Gasteiger charge is 2.41. The van der Waals surface area contributed by atoms with Crippen LogP contribution in [-0.4, -0.2) is 41.9 Å². The van der Waals surface area contributed by atoms with Gasteiger partial charge in [-0.1, -0.05) is 12.8 Å². The minimum Gasteiger partial charge on any atom is -0.369 e. The van der Waals surface area contributed by atoms with E-state index in [0.29, 0.717) is 25.0 Å². The van der Waals surface area contributed by atoms with Crippen LogP contribution in [-0.2, 0) is 9.59 Å². The third-order valence-electron chi connectivity index (χ3n) is 5.06. The number of carbonyl (C=O) groups excluding carboxylic acids is 2. The van der Waals surface area contributed by atoms with Gasteiger partial charge in [-0.2, -0.15) is 0 Å². The zero-order valence-electron chi connectivity index (χ0n) is 11.3. The first-order chi connectivity index (χ1) is 9.15. The second-order valence-corrected chi connectivity index (χ2v) is 6.28. The number of primary amides is 1. The first-order valence-electron chi connectivity index (χ1n) is 7.49. The van der Waals surface area contributed by atoms with Crippen molar-refractivity contribution < 1.29 is 9.59 Å². The Morgan fingerprint density at radius 2 is 1.95 bits per heavy atom. The van der Waals surface area contributed by atoms with Crippen LogP contribution in [0.15, 0.2) is 0 Å². The third kappa shape index (κ3) is 2.48. The Kier molecular flexibility index (Phi) is 3.48. The highest BCUT2D eigenvalue weighted by molar-refractivity contribution is 5.84. The van der Waals surface area contributed by atoms with Gasteiger partial charge in [0.1, 0.15) is 0 Å². The number of rotatable bonds is 2. The number of amides is 2. The quantitative estimate of drug-likeness (QED) is 0.751. The molecule has 3 rings (SSSR count). The summed E-state index contributed by atoms with van der Waals surface area (Å²) in [6.07, 6.45) is 6.74. The molecule has 3 aliphatic rings. The summed E-state index contributed by atoms with van der Waals surface area (Å²) in [5.74, 6) is 0.436. The molecule has 2 amide bonds. The van der Waals surface area contributed by atoms with Crippen molar-refractivity contribution in [1.29, 1.82) is 0 Å². The van der Waals surface area contributed by atoms with Gasteiger partial charge in [0.2, 0.25) is 11.8 Å². The van der Waals surface area contributed by atoms with Gasteiger partial charge in [-0.15, -0.1) is 0 Å². The number of nitrogens with zero attached hydrogens (tertiary/aromatic N) is 1. The average Bonchev–Trinajstić information content (AvgIpc) is 3.04. The van der Waals surface area contributed by atoms with Crippen LogP contribution in [0.3, 0.4) is 0 Å². The number of likely N-dealkylation sites (tertiary alicyclic amines) is 1. The number of carbonyl (C=O) groups is 2. The van der Waals surface area contributed by atoms with Gasteiger partial charge < -0.3 is 16.0 Å². The lowest BCUT2D eigenvalue weighted by atomic mass is 9.85. The molecule has 106 valence electrons. The monoisotopic (exact) mass is 265 g/mol. The fraction of sp³-hybridized carbons (Fsp3) is 0.857. The molecule has 0 aromatic carbocycles. The van der Waals surface area contributed by atoms with E-state index in [2.05, 4.69) is 5.32 Å². The van der Waals surface area contributed by atoms with Crippen LogP contribution in [0.25, 0.3) is 0 Å². The molecule has 0 spiro atoms. The van der Waals surface area contributed by atoms with Crippen LogP contribution in [0.4, 0.5) is 0 Å². The zero-order chi connectivity index (χ0) is 13.4. The topological polar surface area (TPSA) is 75.4 Å². The summed E-state index contributed by atoms with van der Waals surface area (Å²) in [6.45, 7) is 1.20. The van der Waals surface area contributed by atoms with Crippen molar-refractivity contribution in [3.63, 3.8) is 0 Å². The van der Waals surface area contributed by atoms with Gasteiger partial charge in [0, 0.05) is 19.1 Å². The molecule has 1 saturated carbocycles. The Bertz CT molecular complexity index is 371. The molecule has 0 aromatic rings. The first kappa shape index (κ1) is 12.9. The van der Waals surface area contributed by atoms with E-state index in [1.165, 1.54) is 25.7 Å². The fourth-order valence-corrected chi connectivity index (χ4v) is 3.92. The van der Waals surface area contributed by atoms with Crippen LogP contribution < -0.4 is 11.1 Å². The van der Waals surface area contributed by atoms with E-state index in [4.69, 9.17) is 5.73 Å². The summed E-state index contributed by atoms with van der Waals surface area (Å²) in [6, 6.07) is 0.511. The maximum Gasteiger partial charge on any atom is 0.239 e. The van der Waals surface area contributed by atoms with Crippen molar-refractivity contribution in [2.45, 2.75) is 50.6 Å². The molecular weight excluding hydrogens is 242 g/mol. The Morgan fingerprint density at radius 3 is 2.63 bits per heavy atom. The normalized spacial score (nSPS) is 38.2. The van der Waals surface area contributed by atoms with Crippen molar-refractivity contribution >= 4 is 11.8 Å². The lowest BCUT2D eigenvalue weighted by Crippen LogP contribution is -2.45. The molecule has 3 fully saturated rings. The summed E-state index contributed by atoms with van der Waals surface area (Å²) in [5, 5.41) is 3.51. The van der Waals surface area contributed by atoms with Gasteiger partial charge in [-0.3, -0.25) is 9.59 Å². The van der Waals surface area contributed by atoms with Gasteiger partial charge in [-0.25, -0.2) is 0 Å². The third-order valence-corrected chi connectivity index (χ3v) is 5.06. The van der Waals surface area contributed by atoms with Crippen molar-refractivity contribution in [3.05, 3.63) is 0 Å². The van der Waals surface area contributed by atoms with Gasteiger partial charge in [0.15, 0.2) is 0 Å². The van der Waals surface area contributed by atoms with Crippen molar-refractivity contribution in [1.82, 2.24) is 10.2 Å². The standard InChI is InChI=1S/C14H23N3O2/c15-13(18)10-5-6-17(8-10)14(19)12-7-9-3-1-2-4-11(9)16-12/h9-12,16H,1-8H2,(H2,15,18). The lowest BCUT2D eigenvalue weighted by Gasteiger charge is -2.24. The Labute approximate surface area is 113 Å². The van der Waals surface area contributed by atoms with E-state index in [1.54, 1.807) is 0 Å². The van der Waals surface area contributed by atoms with Gasteiger partial charge >= 0.3 is 0 Å². The number of hydrogen-bond acceptors (Lipinski definition) is 3. The first-order valence-corrected chi connectivity index (χ1v) is 7.49. The SMILES string of the molecule is NC(=O)C1CCN(C(=O)C2CC3CCCCC3N2)C1. The molecule has 4 atom stereocenters. The van der Waals surface area contributed by atoms with E-state index in [0.717, 1.165) is 12.8 Å². The van der Waals surface area contributed by atoms with E-state index in [1.807, 2.05) is 4.90 Å².